The van der Waals surface area contributed by atoms with E-state index in [9.17, 15) is 0 Å². The van der Waals surface area contributed by atoms with Crippen LogP contribution in [0, 0.1) is 0 Å². The summed E-state index contributed by atoms with van der Waals surface area (Å²) in [7, 11) is 1.58. The average molecular weight is 269 g/mol. The fourth-order valence-corrected chi connectivity index (χ4v) is 2.62. The monoisotopic (exact) mass is 269 g/mol. The van der Waals surface area contributed by atoms with Gasteiger partial charge in [-0.05, 0) is 31.2 Å². The van der Waals surface area contributed by atoms with Gasteiger partial charge >= 0.3 is 0 Å². The largest absolute Gasteiger partial charge is 0.479 e. The molecule has 0 saturated heterocycles. The quantitative estimate of drug-likeness (QED) is 0.797. The summed E-state index contributed by atoms with van der Waals surface area (Å²) < 4.78 is 5.38. The average Bonchev–Trinajstić information content (AvgIpc) is 2.42. The second-order valence-electron chi connectivity index (χ2n) is 4.24. The fraction of sp³-hybridized carbons (Fsp3) is 0.615. The van der Waals surface area contributed by atoms with Crippen LogP contribution >= 0.6 is 11.8 Å². The van der Waals surface area contributed by atoms with Crippen molar-refractivity contribution in [3.8, 4) is 5.88 Å². The molecule has 1 aromatic heterocycles. The molecule has 0 bridgehead atoms. The Hall–Kier alpha value is -1.10. The second kappa shape index (κ2) is 6.73. The number of nitrogens with one attached hydrogen (secondary N) is 1. The van der Waals surface area contributed by atoms with Crippen molar-refractivity contribution in [3.63, 3.8) is 0 Å². The Kier molecular flexibility index (Phi) is 5.59. The lowest BCUT2D eigenvalue weighted by Crippen LogP contribution is -2.32. The van der Waals surface area contributed by atoms with E-state index in [-0.39, 0.29) is 4.75 Å². The lowest BCUT2D eigenvalue weighted by Gasteiger charge is -2.30. The molecule has 1 rings (SSSR count). The Morgan fingerprint density at radius 1 is 1.39 bits per heavy atom. The van der Waals surface area contributed by atoms with E-state index in [0.29, 0.717) is 11.6 Å². The summed E-state index contributed by atoms with van der Waals surface area (Å²) in [6.07, 6.45) is 4.42. The zero-order valence-corrected chi connectivity index (χ0v) is 12.4. The summed E-state index contributed by atoms with van der Waals surface area (Å²) in [5.41, 5.74) is 6.30. The lowest BCUT2D eigenvalue weighted by atomic mass is 10.0. The molecule has 0 aliphatic carbocycles. The van der Waals surface area contributed by atoms with Crippen LogP contribution in [0.3, 0.4) is 0 Å². The Bertz CT molecular complexity index is 372. The molecule has 0 radical (unpaired) electrons. The SMILES string of the molecule is CCC(CC)(CNc1ccc(N)c(OC)n1)SC. The van der Waals surface area contributed by atoms with E-state index < -0.39 is 0 Å². The number of thioether (sulfide) groups is 1. The van der Waals surface area contributed by atoms with Crippen molar-refractivity contribution < 1.29 is 4.74 Å². The lowest BCUT2D eigenvalue weighted by molar-refractivity contribution is 0.400. The highest BCUT2D eigenvalue weighted by molar-refractivity contribution is 8.00. The van der Waals surface area contributed by atoms with Crippen LogP contribution in [0.25, 0.3) is 0 Å². The number of pyridine rings is 1. The predicted molar refractivity (Wildman–Crippen MR) is 80.5 cm³/mol. The molecule has 3 N–H and O–H groups in total. The molecule has 0 aromatic carbocycles. The Labute approximate surface area is 114 Å². The van der Waals surface area contributed by atoms with Gasteiger partial charge in [-0.3, -0.25) is 0 Å². The molecule has 0 amide bonds. The van der Waals surface area contributed by atoms with Crippen molar-refractivity contribution >= 4 is 23.3 Å². The number of hydrogen-bond donors (Lipinski definition) is 2. The predicted octanol–water partition coefficient (Wildman–Crippen LogP) is 3.01. The number of aromatic nitrogens is 1. The molecule has 102 valence electrons. The maximum Gasteiger partial charge on any atom is 0.238 e. The maximum atomic E-state index is 5.74. The molecule has 0 saturated carbocycles. The minimum atomic E-state index is 0.260. The van der Waals surface area contributed by atoms with Gasteiger partial charge in [0.15, 0.2) is 0 Å². The van der Waals surface area contributed by atoms with Crippen molar-refractivity contribution in [2.45, 2.75) is 31.4 Å². The molecule has 0 aliphatic rings. The number of anilines is 2. The van der Waals surface area contributed by atoms with Gasteiger partial charge in [-0.2, -0.15) is 16.7 Å². The normalized spacial score (nSPS) is 11.3. The first-order valence-electron chi connectivity index (χ1n) is 6.20. The number of hydrogen-bond acceptors (Lipinski definition) is 5. The molecule has 0 aliphatic heterocycles. The smallest absolute Gasteiger partial charge is 0.238 e. The van der Waals surface area contributed by atoms with Crippen LogP contribution in [0.5, 0.6) is 5.88 Å². The summed E-state index contributed by atoms with van der Waals surface area (Å²) in [5, 5.41) is 3.37. The van der Waals surface area contributed by atoms with Gasteiger partial charge in [0.2, 0.25) is 5.88 Å². The van der Waals surface area contributed by atoms with Gasteiger partial charge < -0.3 is 15.8 Å². The van der Waals surface area contributed by atoms with Gasteiger partial charge in [0, 0.05) is 11.3 Å². The highest BCUT2D eigenvalue weighted by atomic mass is 32.2. The van der Waals surface area contributed by atoms with Crippen LogP contribution < -0.4 is 15.8 Å². The molecule has 1 aromatic rings. The third kappa shape index (κ3) is 3.45. The summed E-state index contributed by atoms with van der Waals surface area (Å²) in [6, 6.07) is 3.70. The number of ether oxygens (including phenoxy) is 1. The van der Waals surface area contributed by atoms with Crippen molar-refractivity contribution in [2.75, 3.05) is 31.0 Å². The van der Waals surface area contributed by atoms with E-state index in [2.05, 4.69) is 30.4 Å². The summed E-state index contributed by atoms with van der Waals surface area (Å²) in [5.74, 6) is 1.28. The molecule has 18 heavy (non-hydrogen) atoms. The maximum absolute atomic E-state index is 5.74. The highest BCUT2D eigenvalue weighted by Gasteiger charge is 2.24. The highest BCUT2D eigenvalue weighted by Crippen LogP contribution is 2.31. The van der Waals surface area contributed by atoms with Crippen LogP contribution in [0.2, 0.25) is 0 Å². The Morgan fingerprint density at radius 2 is 2.06 bits per heavy atom. The first-order chi connectivity index (χ1) is 8.60. The van der Waals surface area contributed by atoms with E-state index in [1.54, 1.807) is 7.11 Å². The van der Waals surface area contributed by atoms with Crippen molar-refractivity contribution in [2.24, 2.45) is 0 Å². The minimum absolute atomic E-state index is 0.260. The summed E-state index contributed by atoms with van der Waals surface area (Å²) >= 11 is 1.90. The molecule has 0 unspecified atom stereocenters. The first-order valence-corrected chi connectivity index (χ1v) is 7.42. The molecule has 1 heterocycles. The molecular formula is C13H23N3OS. The number of nitrogens with zero attached hydrogens (tertiary/aromatic N) is 1. The topological polar surface area (TPSA) is 60.2 Å². The molecular weight excluding hydrogens is 246 g/mol. The van der Waals surface area contributed by atoms with Gasteiger partial charge in [-0.1, -0.05) is 13.8 Å². The van der Waals surface area contributed by atoms with E-state index in [4.69, 9.17) is 10.5 Å². The zero-order valence-electron chi connectivity index (χ0n) is 11.6. The van der Waals surface area contributed by atoms with Crippen LogP contribution in [-0.4, -0.2) is 29.6 Å². The summed E-state index contributed by atoms with van der Waals surface area (Å²) in [4.78, 5) is 4.33. The first kappa shape index (κ1) is 15.0. The van der Waals surface area contributed by atoms with Gasteiger partial charge in [0.25, 0.3) is 0 Å². The minimum Gasteiger partial charge on any atom is -0.479 e. The summed E-state index contributed by atoms with van der Waals surface area (Å²) in [6.45, 7) is 5.33. The van der Waals surface area contributed by atoms with Crippen LogP contribution in [0.4, 0.5) is 11.5 Å². The van der Waals surface area contributed by atoms with Crippen molar-refractivity contribution in [3.05, 3.63) is 12.1 Å². The van der Waals surface area contributed by atoms with Gasteiger partial charge in [-0.15, -0.1) is 0 Å². The van der Waals surface area contributed by atoms with Gasteiger partial charge in [0.05, 0.1) is 12.8 Å². The Balaban J connectivity index is 2.73. The van der Waals surface area contributed by atoms with E-state index >= 15 is 0 Å². The number of nitrogens with two attached hydrogens (primary N) is 1. The van der Waals surface area contributed by atoms with Gasteiger partial charge in [0.1, 0.15) is 5.82 Å². The van der Waals surface area contributed by atoms with Gasteiger partial charge in [-0.25, -0.2) is 0 Å². The van der Waals surface area contributed by atoms with Crippen LogP contribution in [0.15, 0.2) is 12.1 Å². The van der Waals surface area contributed by atoms with Crippen molar-refractivity contribution in [1.82, 2.24) is 4.98 Å². The van der Waals surface area contributed by atoms with Crippen LogP contribution in [-0.2, 0) is 0 Å². The molecule has 0 fully saturated rings. The van der Waals surface area contributed by atoms with E-state index in [1.165, 1.54) is 0 Å². The van der Waals surface area contributed by atoms with E-state index in [0.717, 1.165) is 25.2 Å². The number of rotatable bonds is 7. The number of methoxy groups -OCH3 is 1. The fourth-order valence-electron chi connectivity index (χ4n) is 1.83. The molecule has 5 heteroatoms. The standard InChI is InChI=1S/C13H23N3OS/c1-5-13(6-2,18-4)9-15-11-8-7-10(14)12(16-11)17-3/h7-8H,5-6,9,14H2,1-4H3,(H,15,16). The number of nitrogen functional groups attached to an aromatic ring is 1. The molecule has 0 spiro atoms. The van der Waals surface area contributed by atoms with E-state index in [1.807, 2.05) is 23.9 Å². The Morgan fingerprint density at radius 3 is 2.56 bits per heavy atom. The second-order valence-corrected chi connectivity index (χ2v) is 5.52. The zero-order chi connectivity index (χ0) is 13.6. The van der Waals surface area contributed by atoms with Crippen molar-refractivity contribution in [1.29, 1.82) is 0 Å². The third-order valence-corrected chi connectivity index (χ3v) is 4.98. The third-order valence-electron chi connectivity index (χ3n) is 3.40. The van der Waals surface area contributed by atoms with Crippen LogP contribution in [0.1, 0.15) is 26.7 Å². The molecule has 0 atom stereocenters. The molecule has 4 nitrogen and oxygen atoms in total.